The van der Waals surface area contributed by atoms with E-state index in [1.54, 1.807) is 16.8 Å². The maximum atomic E-state index is 13.3. The Bertz CT molecular complexity index is 1250. The lowest BCUT2D eigenvalue weighted by Gasteiger charge is -2.18. The number of aromatic nitrogens is 4. The normalized spacial score (nSPS) is 15.0. The van der Waals surface area contributed by atoms with Gasteiger partial charge < -0.3 is 9.84 Å². The van der Waals surface area contributed by atoms with Gasteiger partial charge in [0.2, 0.25) is 5.89 Å². The van der Waals surface area contributed by atoms with Gasteiger partial charge >= 0.3 is 0 Å². The van der Waals surface area contributed by atoms with Crippen LogP contribution in [0.15, 0.2) is 34.9 Å². The highest BCUT2D eigenvalue weighted by molar-refractivity contribution is 7.20. The summed E-state index contributed by atoms with van der Waals surface area (Å²) in [7, 11) is 0. The third-order valence-corrected chi connectivity index (χ3v) is 6.57. The number of benzene rings is 1. The summed E-state index contributed by atoms with van der Waals surface area (Å²) >= 11 is 1.35. The second kappa shape index (κ2) is 7.56. The van der Waals surface area contributed by atoms with Crippen LogP contribution in [0.1, 0.15) is 65.7 Å². The Kier molecular flexibility index (Phi) is 4.85. The number of amides is 1. The summed E-state index contributed by atoms with van der Waals surface area (Å²) in [6.07, 6.45) is 2.17. The maximum Gasteiger partial charge on any atom is 0.262 e. The molecule has 1 aliphatic carbocycles. The van der Waals surface area contributed by atoms with Gasteiger partial charge in [0.05, 0.1) is 16.3 Å². The van der Waals surface area contributed by atoms with Gasteiger partial charge in [-0.15, -0.1) is 11.3 Å². The zero-order valence-electron chi connectivity index (χ0n) is 17.4. The number of hydrogen-bond acceptors (Lipinski definition) is 6. The molecule has 0 saturated heterocycles. The van der Waals surface area contributed by atoms with E-state index in [2.05, 4.69) is 20.6 Å². The summed E-state index contributed by atoms with van der Waals surface area (Å²) in [5, 5.41) is 12.6. The fourth-order valence-corrected chi connectivity index (χ4v) is 4.61. The van der Waals surface area contributed by atoms with Crippen molar-refractivity contribution in [1.29, 1.82) is 0 Å². The molecule has 3 aromatic heterocycles. The Morgan fingerprint density at radius 3 is 2.71 bits per heavy atom. The van der Waals surface area contributed by atoms with Crippen LogP contribution in [-0.2, 0) is 0 Å². The molecule has 31 heavy (non-hydrogen) atoms. The van der Waals surface area contributed by atoms with Crippen LogP contribution >= 0.6 is 11.3 Å². The number of carbonyl (C=O) groups is 1. The van der Waals surface area contributed by atoms with E-state index >= 15 is 0 Å². The number of carbonyl (C=O) groups excluding carboxylic acids is 1. The molecule has 1 N–H and O–H groups in total. The molecule has 7 nitrogen and oxygen atoms in total. The number of aryl methyl sites for hydroxylation is 1. The van der Waals surface area contributed by atoms with Gasteiger partial charge in [0, 0.05) is 11.3 Å². The zero-order valence-corrected chi connectivity index (χ0v) is 18.2. The number of halogens is 1. The molecule has 4 aromatic rings. The van der Waals surface area contributed by atoms with E-state index < -0.39 is 0 Å². The van der Waals surface area contributed by atoms with Gasteiger partial charge in [-0.25, -0.2) is 9.07 Å². The second-order valence-electron chi connectivity index (χ2n) is 8.26. The SMILES string of the molecule is Cc1nn(-c2ccc(F)cc2)c2sc(C(=O)NC(c3nc(C4CC4)no3)C(C)C)cc12. The minimum atomic E-state index is -0.368. The summed E-state index contributed by atoms with van der Waals surface area (Å²) in [4.78, 5) is 19.0. The van der Waals surface area contributed by atoms with E-state index in [0.717, 1.165) is 40.3 Å². The van der Waals surface area contributed by atoms with E-state index in [1.165, 1.54) is 23.5 Å². The minimum Gasteiger partial charge on any atom is -0.339 e. The van der Waals surface area contributed by atoms with Crippen molar-refractivity contribution in [2.75, 3.05) is 0 Å². The van der Waals surface area contributed by atoms with Crippen molar-refractivity contribution in [1.82, 2.24) is 25.2 Å². The van der Waals surface area contributed by atoms with Crippen LogP contribution in [-0.4, -0.2) is 25.8 Å². The highest BCUT2D eigenvalue weighted by Crippen LogP contribution is 2.39. The van der Waals surface area contributed by atoms with Crippen molar-refractivity contribution >= 4 is 27.5 Å². The van der Waals surface area contributed by atoms with Crippen molar-refractivity contribution in [3.05, 3.63) is 58.4 Å². The number of rotatable bonds is 6. The number of nitrogens with one attached hydrogen (secondary N) is 1. The van der Waals surface area contributed by atoms with Gasteiger partial charge in [-0.3, -0.25) is 4.79 Å². The molecule has 0 radical (unpaired) electrons. The summed E-state index contributed by atoms with van der Waals surface area (Å²) in [6, 6.07) is 7.61. The molecule has 3 heterocycles. The lowest BCUT2D eigenvalue weighted by atomic mass is 10.0. The predicted molar refractivity (Wildman–Crippen MR) is 115 cm³/mol. The molecule has 0 bridgehead atoms. The summed E-state index contributed by atoms with van der Waals surface area (Å²) in [6.45, 7) is 5.91. The number of nitrogens with zero attached hydrogens (tertiary/aromatic N) is 4. The Balaban J connectivity index is 1.43. The molecule has 1 unspecified atom stereocenters. The first-order chi connectivity index (χ1) is 14.9. The lowest BCUT2D eigenvalue weighted by molar-refractivity contribution is 0.0918. The van der Waals surface area contributed by atoms with Gasteiger partial charge in [-0.2, -0.15) is 10.1 Å². The van der Waals surface area contributed by atoms with Crippen molar-refractivity contribution in [3.8, 4) is 5.69 Å². The van der Waals surface area contributed by atoms with E-state index in [-0.39, 0.29) is 23.7 Å². The van der Waals surface area contributed by atoms with Gasteiger partial charge in [-0.1, -0.05) is 19.0 Å². The monoisotopic (exact) mass is 439 g/mol. The summed E-state index contributed by atoms with van der Waals surface area (Å²) < 4.78 is 20.5. The average molecular weight is 440 g/mol. The van der Waals surface area contributed by atoms with Gasteiger partial charge in [0.25, 0.3) is 5.91 Å². The van der Waals surface area contributed by atoms with Crippen LogP contribution in [0.3, 0.4) is 0 Å². The van der Waals surface area contributed by atoms with Crippen LogP contribution in [0.2, 0.25) is 0 Å². The molecule has 0 spiro atoms. The van der Waals surface area contributed by atoms with E-state index in [4.69, 9.17) is 4.52 Å². The third-order valence-electron chi connectivity index (χ3n) is 5.46. The zero-order chi connectivity index (χ0) is 21.7. The molecular formula is C22H22FN5O2S. The molecule has 0 aliphatic heterocycles. The fourth-order valence-electron chi connectivity index (χ4n) is 3.52. The largest absolute Gasteiger partial charge is 0.339 e. The molecule has 1 atom stereocenters. The van der Waals surface area contributed by atoms with Gasteiger partial charge in [-0.05, 0) is 56.0 Å². The molecule has 1 saturated carbocycles. The summed E-state index contributed by atoms with van der Waals surface area (Å²) in [5.74, 6) is 1.15. The van der Waals surface area contributed by atoms with Crippen molar-refractivity contribution in [2.45, 2.75) is 45.6 Å². The molecule has 160 valence electrons. The average Bonchev–Trinajstić information content (AvgIpc) is 3.19. The van der Waals surface area contributed by atoms with Gasteiger partial charge in [0.1, 0.15) is 16.7 Å². The molecular weight excluding hydrogens is 417 g/mol. The number of fused-ring (bicyclic) bond motifs is 1. The Morgan fingerprint density at radius 2 is 2.03 bits per heavy atom. The smallest absolute Gasteiger partial charge is 0.262 e. The van der Waals surface area contributed by atoms with Crippen LogP contribution in [0.5, 0.6) is 0 Å². The van der Waals surface area contributed by atoms with E-state index in [9.17, 15) is 9.18 Å². The maximum absolute atomic E-state index is 13.3. The van der Waals surface area contributed by atoms with Crippen molar-refractivity contribution in [2.24, 2.45) is 5.92 Å². The Hall–Kier alpha value is -3.07. The highest BCUT2D eigenvalue weighted by Gasteiger charge is 2.32. The lowest BCUT2D eigenvalue weighted by Crippen LogP contribution is -2.31. The molecule has 1 amide bonds. The molecule has 5 rings (SSSR count). The Labute approximate surface area is 182 Å². The van der Waals surface area contributed by atoms with E-state index in [1.807, 2.05) is 26.8 Å². The Morgan fingerprint density at radius 1 is 1.29 bits per heavy atom. The minimum absolute atomic E-state index is 0.0854. The molecule has 9 heteroatoms. The molecule has 1 aliphatic rings. The number of thiophene rings is 1. The van der Waals surface area contributed by atoms with Gasteiger partial charge in [0.15, 0.2) is 5.82 Å². The van der Waals surface area contributed by atoms with Crippen molar-refractivity contribution < 1.29 is 13.7 Å². The van der Waals surface area contributed by atoms with E-state index in [0.29, 0.717) is 16.7 Å². The topological polar surface area (TPSA) is 85.8 Å². The van der Waals surface area contributed by atoms with Crippen LogP contribution in [0.4, 0.5) is 4.39 Å². The molecule has 1 aromatic carbocycles. The third kappa shape index (κ3) is 3.74. The highest BCUT2D eigenvalue weighted by atomic mass is 32.1. The second-order valence-corrected chi connectivity index (χ2v) is 9.29. The first-order valence-electron chi connectivity index (χ1n) is 10.3. The standard InChI is InChI=1S/C22H22FN5O2S/c1-11(2)18(21-25-19(27-30-21)13-4-5-13)24-20(29)17-10-16-12(3)26-28(22(16)31-17)15-8-6-14(23)7-9-15/h6-11,13,18H,4-5H2,1-3H3,(H,24,29). The van der Waals surface area contributed by atoms with Crippen LogP contribution < -0.4 is 5.32 Å². The first-order valence-corrected chi connectivity index (χ1v) is 11.1. The number of hydrogen-bond donors (Lipinski definition) is 1. The quantitative estimate of drug-likeness (QED) is 0.461. The summed E-state index contributed by atoms with van der Waals surface area (Å²) in [5.41, 5.74) is 1.55. The van der Waals surface area contributed by atoms with Crippen LogP contribution in [0, 0.1) is 18.7 Å². The first kappa shape index (κ1) is 19.9. The van der Waals surface area contributed by atoms with Crippen molar-refractivity contribution in [3.63, 3.8) is 0 Å². The molecule has 1 fully saturated rings. The fraction of sp³-hybridized carbons (Fsp3) is 0.364. The van der Waals surface area contributed by atoms with Crippen LogP contribution in [0.25, 0.3) is 15.9 Å². The predicted octanol–water partition coefficient (Wildman–Crippen LogP) is 4.92.